The van der Waals surface area contributed by atoms with Gasteiger partial charge in [-0.3, -0.25) is 4.68 Å². The molecular formula is C15H19N5. The summed E-state index contributed by atoms with van der Waals surface area (Å²) in [5.41, 5.74) is 5.41. The van der Waals surface area contributed by atoms with Crippen LogP contribution in [0, 0.1) is 6.92 Å². The molecule has 104 valence electrons. The maximum atomic E-state index is 4.60. The zero-order valence-corrected chi connectivity index (χ0v) is 12.1. The van der Waals surface area contributed by atoms with Crippen molar-refractivity contribution in [2.75, 3.05) is 13.6 Å². The quantitative estimate of drug-likeness (QED) is 0.762. The summed E-state index contributed by atoms with van der Waals surface area (Å²) in [5.74, 6) is 0.938. The summed E-state index contributed by atoms with van der Waals surface area (Å²) in [4.78, 5) is 7.69. The highest BCUT2D eigenvalue weighted by atomic mass is 15.3. The fourth-order valence-corrected chi connectivity index (χ4v) is 2.43. The van der Waals surface area contributed by atoms with Gasteiger partial charge in [0.05, 0.1) is 16.7 Å². The first-order chi connectivity index (χ1) is 9.67. The molecule has 5 heteroatoms. The first-order valence-corrected chi connectivity index (χ1v) is 6.81. The Labute approximate surface area is 118 Å². The van der Waals surface area contributed by atoms with Crippen LogP contribution in [0.1, 0.15) is 11.5 Å². The van der Waals surface area contributed by atoms with E-state index in [1.807, 2.05) is 31.8 Å². The van der Waals surface area contributed by atoms with E-state index < -0.39 is 0 Å². The van der Waals surface area contributed by atoms with Gasteiger partial charge < -0.3 is 10.3 Å². The smallest absolute Gasteiger partial charge is 0.104 e. The van der Waals surface area contributed by atoms with Crippen LogP contribution in [-0.2, 0) is 13.5 Å². The lowest BCUT2D eigenvalue weighted by atomic mass is 10.1. The summed E-state index contributed by atoms with van der Waals surface area (Å²) in [6.07, 6.45) is 0.978. The molecule has 0 aliphatic heterocycles. The molecule has 0 fully saturated rings. The maximum Gasteiger partial charge on any atom is 0.104 e. The molecule has 2 aromatic heterocycles. The molecule has 3 aromatic rings. The number of fused-ring (bicyclic) bond motifs is 1. The van der Waals surface area contributed by atoms with Crippen molar-refractivity contribution in [1.82, 2.24) is 25.1 Å². The molecule has 0 atom stereocenters. The van der Waals surface area contributed by atoms with E-state index in [9.17, 15) is 0 Å². The van der Waals surface area contributed by atoms with Crippen LogP contribution in [-0.4, -0.2) is 33.3 Å². The molecule has 0 unspecified atom stereocenters. The van der Waals surface area contributed by atoms with Crippen molar-refractivity contribution in [1.29, 1.82) is 0 Å². The van der Waals surface area contributed by atoms with Crippen LogP contribution < -0.4 is 5.32 Å². The van der Waals surface area contributed by atoms with Gasteiger partial charge in [-0.2, -0.15) is 5.10 Å². The highest BCUT2D eigenvalue weighted by molar-refractivity contribution is 5.81. The van der Waals surface area contributed by atoms with Gasteiger partial charge in [-0.15, -0.1) is 0 Å². The third-order valence-corrected chi connectivity index (χ3v) is 3.50. The van der Waals surface area contributed by atoms with Crippen molar-refractivity contribution >= 4 is 11.0 Å². The second-order valence-corrected chi connectivity index (χ2v) is 5.05. The van der Waals surface area contributed by atoms with Crippen molar-refractivity contribution < 1.29 is 0 Å². The number of likely N-dealkylation sites (N-methyl/N-ethyl adjacent to an activating group) is 1. The Morgan fingerprint density at radius 1 is 1.30 bits per heavy atom. The van der Waals surface area contributed by atoms with Crippen molar-refractivity contribution in [3.63, 3.8) is 0 Å². The van der Waals surface area contributed by atoms with Crippen LogP contribution in [0.15, 0.2) is 24.3 Å². The molecule has 0 amide bonds. The van der Waals surface area contributed by atoms with Crippen LogP contribution in [0.4, 0.5) is 0 Å². The highest BCUT2D eigenvalue weighted by Crippen LogP contribution is 2.23. The van der Waals surface area contributed by atoms with E-state index in [2.05, 4.69) is 38.6 Å². The zero-order chi connectivity index (χ0) is 14.1. The second kappa shape index (κ2) is 5.09. The minimum atomic E-state index is 0.938. The Kier molecular flexibility index (Phi) is 3.28. The lowest BCUT2D eigenvalue weighted by Gasteiger charge is -1.99. The normalized spacial score (nSPS) is 11.3. The van der Waals surface area contributed by atoms with Crippen molar-refractivity contribution in [3.8, 4) is 11.3 Å². The predicted molar refractivity (Wildman–Crippen MR) is 80.7 cm³/mol. The fraction of sp³-hybridized carbons (Fsp3) is 0.333. The lowest BCUT2D eigenvalue weighted by molar-refractivity contribution is 0.683. The average molecular weight is 269 g/mol. The van der Waals surface area contributed by atoms with Crippen LogP contribution >= 0.6 is 0 Å². The maximum absolute atomic E-state index is 4.60. The first kappa shape index (κ1) is 12.9. The Balaban J connectivity index is 1.97. The molecule has 2 N–H and O–H groups in total. The van der Waals surface area contributed by atoms with Crippen molar-refractivity contribution in [2.45, 2.75) is 13.3 Å². The molecular weight excluding hydrogens is 250 g/mol. The SMILES string of the molecule is CNCCc1cc(-c2ccc3nc(C)[nH]c3c2)nn1C. The summed E-state index contributed by atoms with van der Waals surface area (Å²) >= 11 is 0. The first-order valence-electron chi connectivity index (χ1n) is 6.81. The summed E-state index contributed by atoms with van der Waals surface area (Å²) in [7, 11) is 3.96. The van der Waals surface area contributed by atoms with Crippen molar-refractivity contribution in [3.05, 3.63) is 35.8 Å². The largest absolute Gasteiger partial charge is 0.342 e. The predicted octanol–water partition coefficient (Wildman–Crippen LogP) is 2.03. The van der Waals surface area contributed by atoms with E-state index in [0.717, 1.165) is 41.1 Å². The number of aryl methyl sites for hydroxylation is 2. The summed E-state index contributed by atoms with van der Waals surface area (Å²) < 4.78 is 1.95. The Morgan fingerprint density at radius 3 is 2.95 bits per heavy atom. The Hall–Kier alpha value is -2.14. The molecule has 0 spiro atoms. The summed E-state index contributed by atoms with van der Waals surface area (Å²) in [6, 6.07) is 8.38. The highest BCUT2D eigenvalue weighted by Gasteiger charge is 2.08. The Morgan fingerprint density at radius 2 is 2.15 bits per heavy atom. The molecule has 0 aliphatic carbocycles. The topological polar surface area (TPSA) is 58.5 Å². The van der Waals surface area contributed by atoms with Gasteiger partial charge in [-0.25, -0.2) is 4.98 Å². The molecule has 0 saturated heterocycles. The number of rotatable bonds is 4. The monoisotopic (exact) mass is 269 g/mol. The van der Waals surface area contributed by atoms with Gasteiger partial charge in [0.2, 0.25) is 0 Å². The van der Waals surface area contributed by atoms with Gasteiger partial charge in [-0.1, -0.05) is 6.07 Å². The van der Waals surface area contributed by atoms with Crippen LogP contribution in [0.25, 0.3) is 22.3 Å². The summed E-state index contributed by atoms with van der Waals surface area (Å²) in [5, 5.41) is 7.77. The van der Waals surface area contributed by atoms with Crippen molar-refractivity contribution in [2.24, 2.45) is 7.05 Å². The molecule has 2 heterocycles. The van der Waals surface area contributed by atoms with Gasteiger partial charge in [0, 0.05) is 31.3 Å². The van der Waals surface area contributed by atoms with Crippen LogP contribution in [0.5, 0.6) is 0 Å². The molecule has 20 heavy (non-hydrogen) atoms. The average Bonchev–Trinajstić information content (AvgIpc) is 2.97. The minimum Gasteiger partial charge on any atom is -0.342 e. The molecule has 0 saturated carbocycles. The number of hydrogen-bond donors (Lipinski definition) is 2. The zero-order valence-electron chi connectivity index (χ0n) is 12.1. The molecule has 5 nitrogen and oxygen atoms in total. The van der Waals surface area contributed by atoms with Gasteiger partial charge in [0.15, 0.2) is 0 Å². The molecule has 0 radical (unpaired) electrons. The third-order valence-electron chi connectivity index (χ3n) is 3.50. The third kappa shape index (κ3) is 2.32. The van der Waals surface area contributed by atoms with E-state index in [1.165, 1.54) is 5.69 Å². The van der Waals surface area contributed by atoms with E-state index in [-0.39, 0.29) is 0 Å². The van der Waals surface area contributed by atoms with Gasteiger partial charge in [0.25, 0.3) is 0 Å². The number of benzene rings is 1. The second-order valence-electron chi connectivity index (χ2n) is 5.05. The lowest BCUT2D eigenvalue weighted by Crippen LogP contribution is -2.12. The van der Waals surface area contributed by atoms with Crippen LogP contribution in [0.3, 0.4) is 0 Å². The standard InChI is InChI=1S/C15H19N5/c1-10-17-13-5-4-11(8-15(13)18-10)14-9-12(6-7-16-2)20(3)19-14/h4-5,8-9,16H,6-7H2,1-3H3,(H,17,18). The number of imidazole rings is 1. The molecule has 1 aromatic carbocycles. The van der Waals surface area contributed by atoms with Gasteiger partial charge in [0.1, 0.15) is 5.82 Å². The molecule has 0 bridgehead atoms. The van der Waals surface area contributed by atoms with Gasteiger partial charge in [-0.05, 0) is 32.2 Å². The van der Waals surface area contributed by atoms with E-state index >= 15 is 0 Å². The number of H-pyrrole nitrogens is 1. The minimum absolute atomic E-state index is 0.938. The molecule has 3 rings (SSSR count). The Bertz CT molecular complexity index is 738. The van der Waals surface area contributed by atoms with E-state index in [1.54, 1.807) is 0 Å². The number of hydrogen-bond acceptors (Lipinski definition) is 3. The fourth-order valence-electron chi connectivity index (χ4n) is 2.43. The number of aromatic nitrogens is 4. The number of nitrogens with one attached hydrogen (secondary N) is 2. The van der Waals surface area contributed by atoms with Gasteiger partial charge >= 0.3 is 0 Å². The van der Waals surface area contributed by atoms with E-state index in [4.69, 9.17) is 0 Å². The molecule has 0 aliphatic rings. The van der Waals surface area contributed by atoms with E-state index in [0.29, 0.717) is 0 Å². The summed E-state index contributed by atoms with van der Waals surface area (Å²) in [6.45, 7) is 2.92. The van der Waals surface area contributed by atoms with Crippen LogP contribution in [0.2, 0.25) is 0 Å². The number of nitrogens with zero attached hydrogens (tertiary/aromatic N) is 3. The number of aromatic amines is 1.